The minimum absolute atomic E-state index is 0.198. The summed E-state index contributed by atoms with van der Waals surface area (Å²) >= 11 is 0. The number of aromatic nitrogens is 3. The molecule has 0 saturated carbocycles. The van der Waals surface area contributed by atoms with E-state index in [1.807, 2.05) is 13.0 Å². The highest BCUT2D eigenvalue weighted by molar-refractivity contribution is 5.87. The van der Waals surface area contributed by atoms with E-state index in [0.717, 1.165) is 35.4 Å². The van der Waals surface area contributed by atoms with Crippen molar-refractivity contribution >= 4 is 16.7 Å². The molecular formula is C10H14N4O. The van der Waals surface area contributed by atoms with Gasteiger partial charge in [-0.05, 0) is 19.4 Å². The fraction of sp³-hybridized carbons (Fsp3) is 0.400. The molecule has 0 radical (unpaired) electrons. The zero-order valence-electron chi connectivity index (χ0n) is 8.62. The van der Waals surface area contributed by atoms with Gasteiger partial charge in [0.25, 0.3) is 0 Å². The molecule has 0 amide bonds. The second-order valence-electron chi connectivity index (χ2n) is 3.45. The number of rotatable bonds is 4. The number of hydrogen-bond acceptors (Lipinski definition) is 4. The predicted octanol–water partition coefficient (Wildman–Crippen LogP) is 1.06. The van der Waals surface area contributed by atoms with Gasteiger partial charge in [0.05, 0.1) is 11.9 Å². The Morgan fingerprint density at radius 1 is 1.53 bits per heavy atom. The van der Waals surface area contributed by atoms with Crippen molar-refractivity contribution in [2.24, 2.45) is 0 Å². The number of aromatic amines is 1. The maximum absolute atomic E-state index is 8.70. The lowest BCUT2D eigenvalue weighted by molar-refractivity contribution is 0.292. The van der Waals surface area contributed by atoms with E-state index in [1.165, 1.54) is 0 Å². The van der Waals surface area contributed by atoms with Gasteiger partial charge in [0, 0.05) is 18.8 Å². The van der Waals surface area contributed by atoms with Gasteiger partial charge in [0.2, 0.25) is 0 Å². The van der Waals surface area contributed by atoms with Crippen molar-refractivity contribution in [2.75, 3.05) is 18.5 Å². The van der Waals surface area contributed by atoms with Gasteiger partial charge in [-0.25, -0.2) is 4.98 Å². The average Bonchev–Trinajstić information content (AvgIpc) is 2.65. The van der Waals surface area contributed by atoms with Crippen LogP contribution in [0.1, 0.15) is 12.1 Å². The van der Waals surface area contributed by atoms with Crippen molar-refractivity contribution in [3.05, 3.63) is 18.0 Å². The van der Waals surface area contributed by atoms with Crippen LogP contribution in [0.15, 0.2) is 12.3 Å². The van der Waals surface area contributed by atoms with Crippen molar-refractivity contribution in [3.63, 3.8) is 0 Å². The largest absolute Gasteiger partial charge is 0.396 e. The summed E-state index contributed by atoms with van der Waals surface area (Å²) in [4.78, 5) is 4.34. The first-order valence-corrected chi connectivity index (χ1v) is 4.96. The van der Waals surface area contributed by atoms with E-state index in [1.54, 1.807) is 6.20 Å². The first-order chi connectivity index (χ1) is 7.31. The molecule has 0 aliphatic heterocycles. The first kappa shape index (κ1) is 9.92. The van der Waals surface area contributed by atoms with Crippen LogP contribution in [-0.2, 0) is 0 Å². The summed E-state index contributed by atoms with van der Waals surface area (Å²) in [6, 6.07) is 1.97. The molecule has 15 heavy (non-hydrogen) atoms. The summed E-state index contributed by atoms with van der Waals surface area (Å²) in [6.45, 7) is 2.89. The zero-order chi connectivity index (χ0) is 10.7. The van der Waals surface area contributed by atoms with Gasteiger partial charge < -0.3 is 10.4 Å². The number of nitrogens with one attached hydrogen (secondary N) is 2. The van der Waals surface area contributed by atoms with E-state index < -0.39 is 0 Å². The van der Waals surface area contributed by atoms with Gasteiger partial charge in [-0.3, -0.25) is 5.10 Å². The molecular weight excluding hydrogens is 192 g/mol. The van der Waals surface area contributed by atoms with E-state index in [0.29, 0.717) is 0 Å². The van der Waals surface area contributed by atoms with Crippen LogP contribution in [-0.4, -0.2) is 33.4 Å². The summed E-state index contributed by atoms with van der Waals surface area (Å²) in [5, 5.41) is 18.8. The normalized spacial score (nSPS) is 10.8. The summed E-state index contributed by atoms with van der Waals surface area (Å²) < 4.78 is 0. The van der Waals surface area contributed by atoms with Gasteiger partial charge >= 0.3 is 0 Å². The van der Waals surface area contributed by atoms with Crippen LogP contribution in [0.3, 0.4) is 0 Å². The van der Waals surface area contributed by atoms with Crippen molar-refractivity contribution in [3.8, 4) is 0 Å². The Bertz CT molecular complexity index is 452. The molecule has 2 aromatic rings. The van der Waals surface area contributed by atoms with Crippen LogP contribution >= 0.6 is 0 Å². The highest BCUT2D eigenvalue weighted by Gasteiger charge is 2.04. The molecule has 0 aromatic carbocycles. The standard InChI is InChI=1S/C10H14N4O/c1-7-5-8(11-3-2-4-15)10-9(13-7)6-12-14-10/h5-6,15H,2-4H2,1H3,(H,11,13)(H,12,14). The van der Waals surface area contributed by atoms with Crippen molar-refractivity contribution < 1.29 is 5.11 Å². The van der Waals surface area contributed by atoms with Crippen molar-refractivity contribution in [1.82, 2.24) is 15.2 Å². The highest BCUT2D eigenvalue weighted by atomic mass is 16.3. The molecule has 0 unspecified atom stereocenters. The molecule has 2 aromatic heterocycles. The first-order valence-electron chi connectivity index (χ1n) is 4.96. The lowest BCUT2D eigenvalue weighted by Crippen LogP contribution is -2.04. The second-order valence-corrected chi connectivity index (χ2v) is 3.45. The van der Waals surface area contributed by atoms with Gasteiger partial charge in [-0.2, -0.15) is 5.10 Å². The molecule has 0 spiro atoms. The van der Waals surface area contributed by atoms with Crippen LogP contribution in [0.5, 0.6) is 0 Å². The van der Waals surface area contributed by atoms with Crippen LogP contribution < -0.4 is 5.32 Å². The fourth-order valence-electron chi connectivity index (χ4n) is 1.51. The molecule has 0 saturated heterocycles. The quantitative estimate of drug-likeness (QED) is 0.654. The Morgan fingerprint density at radius 3 is 3.20 bits per heavy atom. The lowest BCUT2D eigenvalue weighted by Gasteiger charge is -2.06. The number of pyridine rings is 1. The molecule has 5 heteroatoms. The Balaban J connectivity index is 2.27. The van der Waals surface area contributed by atoms with Gasteiger partial charge in [0.15, 0.2) is 0 Å². The molecule has 0 aliphatic carbocycles. The smallest absolute Gasteiger partial charge is 0.110 e. The Morgan fingerprint density at radius 2 is 2.40 bits per heavy atom. The fourth-order valence-corrected chi connectivity index (χ4v) is 1.51. The lowest BCUT2D eigenvalue weighted by atomic mass is 10.2. The van der Waals surface area contributed by atoms with Crippen LogP contribution in [0.4, 0.5) is 5.69 Å². The third-order valence-electron chi connectivity index (χ3n) is 2.19. The van der Waals surface area contributed by atoms with Crippen LogP contribution in [0.25, 0.3) is 11.0 Å². The monoisotopic (exact) mass is 206 g/mol. The minimum atomic E-state index is 0.198. The maximum atomic E-state index is 8.70. The topological polar surface area (TPSA) is 73.8 Å². The van der Waals surface area contributed by atoms with Crippen LogP contribution in [0.2, 0.25) is 0 Å². The second kappa shape index (κ2) is 4.27. The summed E-state index contributed by atoms with van der Waals surface area (Å²) in [5.41, 5.74) is 3.72. The third kappa shape index (κ3) is 2.07. The van der Waals surface area contributed by atoms with Gasteiger partial charge in [-0.1, -0.05) is 0 Å². The van der Waals surface area contributed by atoms with E-state index in [-0.39, 0.29) is 6.61 Å². The van der Waals surface area contributed by atoms with Crippen LogP contribution in [0, 0.1) is 6.92 Å². The van der Waals surface area contributed by atoms with Crippen molar-refractivity contribution in [2.45, 2.75) is 13.3 Å². The SMILES string of the molecule is Cc1cc(NCCCO)c2[nH]ncc2n1. The van der Waals surface area contributed by atoms with Gasteiger partial charge in [-0.15, -0.1) is 0 Å². The Labute approximate surface area is 87.5 Å². The molecule has 5 nitrogen and oxygen atoms in total. The molecule has 0 bridgehead atoms. The van der Waals surface area contributed by atoms with E-state index in [9.17, 15) is 0 Å². The number of hydrogen-bond donors (Lipinski definition) is 3. The van der Waals surface area contributed by atoms with E-state index >= 15 is 0 Å². The molecule has 80 valence electrons. The van der Waals surface area contributed by atoms with E-state index in [2.05, 4.69) is 20.5 Å². The molecule has 2 heterocycles. The average molecular weight is 206 g/mol. The highest BCUT2D eigenvalue weighted by Crippen LogP contribution is 2.20. The number of nitrogens with zero attached hydrogens (tertiary/aromatic N) is 2. The molecule has 0 atom stereocenters. The van der Waals surface area contributed by atoms with E-state index in [4.69, 9.17) is 5.11 Å². The molecule has 2 rings (SSSR count). The maximum Gasteiger partial charge on any atom is 0.110 e. The third-order valence-corrected chi connectivity index (χ3v) is 2.19. The summed E-state index contributed by atoms with van der Waals surface area (Å²) in [7, 11) is 0. The predicted molar refractivity (Wildman–Crippen MR) is 58.8 cm³/mol. The number of aliphatic hydroxyl groups excluding tert-OH is 1. The summed E-state index contributed by atoms with van der Waals surface area (Å²) in [6.07, 6.45) is 2.44. The number of fused-ring (bicyclic) bond motifs is 1. The number of H-pyrrole nitrogens is 1. The Hall–Kier alpha value is -1.62. The molecule has 0 aliphatic rings. The van der Waals surface area contributed by atoms with Gasteiger partial charge in [0.1, 0.15) is 11.0 Å². The zero-order valence-corrected chi connectivity index (χ0v) is 8.62. The Kier molecular flexibility index (Phi) is 2.82. The van der Waals surface area contributed by atoms with Crippen molar-refractivity contribution in [1.29, 1.82) is 0 Å². The molecule has 0 fully saturated rings. The number of anilines is 1. The minimum Gasteiger partial charge on any atom is -0.396 e. The summed E-state index contributed by atoms with van der Waals surface area (Å²) in [5.74, 6) is 0. The number of aliphatic hydroxyl groups is 1. The molecule has 3 N–H and O–H groups in total. The number of aryl methyl sites for hydroxylation is 1.